The minimum atomic E-state index is -0.237. The van der Waals surface area contributed by atoms with Crippen molar-refractivity contribution in [2.45, 2.75) is 26.2 Å². The lowest BCUT2D eigenvalue weighted by Crippen LogP contribution is -2.61. The highest BCUT2D eigenvalue weighted by Gasteiger charge is 2.49. The number of fused-ring (bicyclic) bond motifs is 14. The molecule has 0 N–H and O–H groups in total. The molecule has 0 amide bonds. The molecule has 0 spiro atoms. The molecule has 0 aliphatic carbocycles. The largest absolute Gasteiger partial charge is 0.468 e. The molecule has 7 heteroatoms. The van der Waals surface area contributed by atoms with Crippen LogP contribution in [0.2, 0.25) is 0 Å². The number of nitriles is 1. The Balaban J connectivity index is 1.22. The van der Waals surface area contributed by atoms with E-state index in [0.717, 1.165) is 89.4 Å². The quantitative estimate of drug-likeness (QED) is 0.158. The van der Waals surface area contributed by atoms with Crippen LogP contribution in [0.5, 0.6) is 0 Å². The van der Waals surface area contributed by atoms with Crippen LogP contribution in [0.15, 0.2) is 142 Å². The van der Waals surface area contributed by atoms with Gasteiger partial charge < -0.3 is 23.2 Å². The van der Waals surface area contributed by atoms with E-state index in [0.29, 0.717) is 5.56 Å². The van der Waals surface area contributed by atoms with Crippen molar-refractivity contribution in [1.82, 2.24) is 4.57 Å². The number of benzene rings is 7. The van der Waals surface area contributed by atoms with Crippen molar-refractivity contribution < 1.29 is 8.83 Å². The highest BCUT2D eigenvalue weighted by Crippen LogP contribution is 2.54. The lowest BCUT2D eigenvalue weighted by molar-refractivity contribution is 0.590. The Kier molecular flexibility index (Phi) is 5.46. The summed E-state index contributed by atoms with van der Waals surface area (Å²) in [6.45, 7) is 6.52. The molecule has 6 heterocycles. The first-order valence-corrected chi connectivity index (χ1v) is 19.2. The number of hydrogen-bond acceptors (Lipinski definition) is 5. The molecule has 0 radical (unpaired) electrons. The van der Waals surface area contributed by atoms with Gasteiger partial charge in [0.2, 0.25) is 0 Å². The smallest absolute Gasteiger partial charge is 0.297 e. The van der Waals surface area contributed by atoms with Crippen molar-refractivity contribution in [1.29, 1.82) is 5.26 Å². The van der Waals surface area contributed by atoms with Gasteiger partial charge >= 0.3 is 0 Å². The molecule has 262 valence electrons. The summed E-state index contributed by atoms with van der Waals surface area (Å²) in [4.78, 5) is 4.78. The van der Waals surface area contributed by atoms with Gasteiger partial charge in [-0.25, -0.2) is 0 Å². The van der Waals surface area contributed by atoms with Crippen molar-refractivity contribution in [3.63, 3.8) is 0 Å². The first-order valence-electron chi connectivity index (χ1n) is 19.2. The summed E-state index contributed by atoms with van der Waals surface area (Å²) in [6.07, 6.45) is 0. The number of rotatable bonds is 1. The van der Waals surface area contributed by atoms with Crippen molar-refractivity contribution in [2.75, 3.05) is 9.80 Å². The summed E-state index contributed by atoms with van der Waals surface area (Å²) < 4.78 is 16.1. The predicted molar refractivity (Wildman–Crippen MR) is 229 cm³/mol. The minimum Gasteiger partial charge on any atom is -0.468 e. The zero-order valence-electron chi connectivity index (χ0n) is 30.9. The molecule has 0 bridgehead atoms. The van der Waals surface area contributed by atoms with Crippen molar-refractivity contribution in [3.05, 3.63) is 145 Å². The van der Waals surface area contributed by atoms with Crippen LogP contribution in [-0.4, -0.2) is 11.3 Å². The maximum absolute atomic E-state index is 10.8. The Hall–Kier alpha value is -7.17. The number of hydrogen-bond donors (Lipinski definition) is 0. The molecule has 0 fully saturated rings. The van der Waals surface area contributed by atoms with Crippen molar-refractivity contribution >= 4 is 112 Å². The number of aromatic nitrogens is 1. The van der Waals surface area contributed by atoms with Crippen LogP contribution in [0, 0.1) is 11.3 Å². The van der Waals surface area contributed by atoms with Crippen LogP contribution < -0.4 is 26.4 Å². The lowest BCUT2D eigenvalue weighted by atomic mass is 9.35. The van der Waals surface area contributed by atoms with Gasteiger partial charge in [-0.3, -0.25) is 0 Å². The van der Waals surface area contributed by atoms with E-state index in [1.165, 1.54) is 27.3 Å². The number of furan rings is 2. The first kappa shape index (κ1) is 30.2. The van der Waals surface area contributed by atoms with E-state index in [4.69, 9.17) is 8.83 Å². The molecule has 7 aromatic carbocycles. The second kappa shape index (κ2) is 10.1. The molecule has 10 aromatic rings. The van der Waals surface area contributed by atoms with Gasteiger partial charge in [0.15, 0.2) is 0 Å². The lowest BCUT2D eigenvalue weighted by Gasteiger charge is -2.44. The third kappa shape index (κ3) is 3.58. The van der Waals surface area contributed by atoms with Gasteiger partial charge in [0.05, 0.1) is 62.1 Å². The molecular formula is C49H31BN4O2. The van der Waals surface area contributed by atoms with Gasteiger partial charge in [0.25, 0.3) is 6.71 Å². The van der Waals surface area contributed by atoms with E-state index in [1.807, 2.05) is 18.2 Å². The van der Waals surface area contributed by atoms with E-state index >= 15 is 0 Å². The molecule has 3 aliphatic heterocycles. The fourth-order valence-electron chi connectivity index (χ4n) is 10.1. The summed E-state index contributed by atoms with van der Waals surface area (Å²) in [5.41, 5.74) is 17.0. The topological polar surface area (TPSA) is 61.5 Å². The molecule has 56 heavy (non-hydrogen) atoms. The summed E-state index contributed by atoms with van der Waals surface area (Å²) in [5, 5.41) is 16.4. The monoisotopic (exact) mass is 718 g/mol. The van der Waals surface area contributed by atoms with E-state index in [1.54, 1.807) is 0 Å². The average Bonchev–Trinajstić information content (AvgIpc) is 3.90. The summed E-state index contributed by atoms with van der Waals surface area (Å²) in [7, 11) is 0. The molecule has 13 rings (SSSR count). The molecule has 6 nitrogen and oxygen atoms in total. The Labute approximate surface area is 322 Å². The molecular weight excluding hydrogens is 687 g/mol. The van der Waals surface area contributed by atoms with Crippen LogP contribution >= 0.6 is 0 Å². The summed E-state index contributed by atoms with van der Waals surface area (Å²) in [5.74, 6) is 0. The van der Waals surface area contributed by atoms with Crippen LogP contribution in [0.3, 0.4) is 0 Å². The SMILES string of the molecule is CC(C)(C)c1ccc2oc3c(c2c1)N(c1cccc2oc4ccccc4c12)c1cc(C#N)cc2c1B3c1cccc3c1N2c1cccc2c4ccccc4n-3c12. The van der Waals surface area contributed by atoms with Crippen LogP contribution in [0.1, 0.15) is 31.9 Å². The number of para-hydroxylation sites is 4. The molecule has 0 saturated heterocycles. The predicted octanol–water partition coefficient (Wildman–Crippen LogP) is 11.0. The maximum Gasteiger partial charge on any atom is 0.297 e. The summed E-state index contributed by atoms with van der Waals surface area (Å²) in [6, 6.07) is 49.9. The molecule has 3 aromatic heterocycles. The highest BCUT2D eigenvalue weighted by atomic mass is 16.3. The molecule has 0 saturated carbocycles. The minimum absolute atomic E-state index is 0.0836. The van der Waals surface area contributed by atoms with E-state index < -0.39 is 0 Å². The van der Waals surface area contributed by atoms with Gasteiger partial charge in [-0.05, 0) is 82.6 Å². The Morgan fingerprint density at radius 1 is 0.571 bits per heavy atom. The molecule has 3 aliphatic rings. The Morgan fingerprint density at radius 3 is 2.09 bits per heavy atom. The zero-order chi connectivity index (χ0) is 37.2. The maximum atomic E-state index is 10.8. The highest BCUT2D eigenvalue weighted by molar-refractivity contribution is 7.00. The second-order valence-corrected chi connectivity index (χ2v) is 16.4. The van der Waals surface area contributed by atoms with Gasteiger partial charge in [0.1, 0.15) is 16.7 Å². The van der Waals surface area contributed by atoms with E-state index in [9.17, 15) is 5.26 Å². The van der Waals surface area contributed by atoms with Crippen molar-refractivity contribution in [2.24, 2.45) is 0 Å². The van der Waals surface area contributed by atoms with Gasteiger partial charge in [0, 0.05) is 32.9 Å². The van der Waals surface area contributed by atoms with Crippen LogP contribution in [-0.2, 0) is 5.41 Å². The van der Waals surface area contributed by atoms with Crippen molar-refractivity contribution in [3.8, 4) is 11.8 Å². The second-order valence-electron chi connectivity index (χ2n) is 16.4. The van der Waals surface area contributed by atoms with Gasteiger partial charge in [-0.1, -0.05) is 93.6 Å². The molecule has 0 unspecified atom stereocenters. The number of nitrogens with zero attached hydrogens (tertiary/aromatic N) is 4. The number of anilines is 6. The first-order chi connectivity index (χ1) is 27.4. The fraction of sp³-hybridized carbons (Fsp3) is 0.0816. The summed E-state index contributed by atoms with van der Waals surface area (Å²) >= 11 is 0. The van der Waals surface area contributed by atoms with Gasteiger partial charge in [-0.2, -0.15) is 5.26 Å². The van der Waals surface area contributed by atoms with E-state index in [2.05, 4.69) is 156 Å². The zero-order valence-corrected chi connectivity index (χ0v) is 30.9. The fourth-order valence-corrected chi connectivity index (χ4v) is 10.1. The standard InChI is InChI=1S/C49H31BN4O2/c1-49(2,3)28-21-22-41-32(25-28)46-48(56-41)50-33-14-9-18-37-47(33)54(36-17-8-13-30-29-11-4-6-15-34(29)52(37)45(30)36)39-24-27(26-51)23-38(44(39)50)53(46)35-16-10-20-42-43(35)31-12-5-7-19-40(31)55-42/h4-25H,1-3H3. The Bertz CT molecular complexity index is 3460. The van der Waals surface area contributed by atoms with E-state index in [-0.39, 0.29) is 12.1 Å². The third-order valence-corrected chi connectivity index (χ3v) is 12.4. The molecule has 0 atom stereocenters. The van der Waals surface area contributed by atoms with Gasteiger partial charge in [-0.15, -0.1) is 0 Å². The normalized spacial score (nSPS) is 13.9. The Morgan fingerprint density at radius 2 is 1.25 bits per heavy atom. The third-order valence-electron chi connectivity index (χ3n) is 12.4. The average molecular weight is 719 g/mol. The van der Waals surface area contributed by atoms with Crippen LogP contribution in [0.25, 0.3) is 60.4 Å². The van der Waals surface area contributed by atoms with Crippen LogP contribution in [0.4, 0.5) is 34.1 Å².